The van der Waals surface area contributed by atoms with Crippen molar-refractivity contribution in [1.82, 2.24) is 10.6 Å². The highest BCUT2D eigenvalue weighted by Gasteiger charge is 2.10. The highest BCUT2D eigenvalue weighted by molar-refractivity contribution is 9.10. The van der Waals surface area contributed by atoms with Gasteiger partial charge in [-0.3, -0.25) is 4.79 Å². The Kier molecular flexibility index (Phi) is 6.00. The van der Waals surface area contributed by atoms with E-state index >= 15 is 0 Å². The molecule has 100 valence electrons. The second-order valence-electron chi connectivity index (χ2n) is 3.41. The Labute approximate surface area is 112 Å². The fourth-order valence-electron chi connectivity index (χ4n) is 1.30. The largest absolute Gasteiger partial charge is 0.434 e. The monoisotopic (exact) mass is 322 g/mol. The van der Waals surface area contributed by atoms with Gasteiger partial charge in [0, 0.05) is 23.6 Å². The first kappa shape index (κ1) is 14.8. The maximum Gasteiger partial charge on any atom is 0.387 e. The third-order valence-corrected chi connectivity index (χ3v) is 2.61. The van der Waals surface area contributed by atoms with Crippen LogP contribution < -0.4 is 15.4 Å². The quantitative estimate of drug-likeness (QED) is 0.841. The Bertz CT molecular complexity index is 416. The smallest absolute Gasteiger partial charge is 0.387 e. The number of alkyl halides is 2. The predicted octanol–water partition coefficient (Wildman–Crippen LogP) is 1.89. The van der Waals surface area contributed by atoms with E-state index in [1.807, 2.05) is 0 Å². The summed E-state index contributed by atoms with van der Waals surface area (Å²) in [4.78, 5) is 11.0. The van der Waals surface area contributed by atoms with E-state index in [-0.39, 0.29) is 24.7 Å². The van der Waals surface area contributed by atoms with Crippen LogP contribution in [0.2, 0.25) is 0 Å². The number of nitrogens with one attached hydrogen (secondary N) is 2. The van der Waals surface area contributed by atoms with Crippen LogP contribution >= 0.6 is 15.9 Å². The molecule has 0 aromatic heterocycles. The van der Waals surface area contributed by atoms with Crippen molar-refractivity contribution in [1.29, 1.82) is 0 Å². The van der Waals surface area contributed by atoms with Crippen LogP contribution in [0.15, 0.2) is 22.7 Å². The van der Waals surface area contributed by atoms with E-state index in [9.17, 15) is 13.6 Å². The topological polar surface area (TPSA) is 50.4 Å². The maximum atomic E-state index is 12.2. The number of amides is 1. The lowest BCUT2D eigenvalue weighted by Crippen LogP contribution is -2.31. The molecule has 4 nitrogen and oxygen atoms in total. The van der Waals surface area contributed by atoms with Gasteiger partial charge in [0.05, 0.1) is 6.54 Å². The molecule has 0 bridgehead atoms. The van der Waals surface area contributed by atoms with Crippen LogP contribution in [0, 0.1) is 0 Å². The summed E-state index contributed by atoms with van der Waals surface area (Å²) in [6.07, 6.45) is 0. The number of rotatable bonds is 6. The SMILES string of the molecule is CNC(=O)CNCc1cc(Br)ccc1OC(F)F. The van der Waals surface area contributed by atoms with Gasteiger partial charge in [0.25, 0.3) is 0 Å². The Morgan fingerprint density at radius 1 is 1.50 bits per heavy atom. The molecular weight excluding hydrogens is 310 g/mol. The molecular formula is C11H13BrF2N2O2. The zero-order valence-electron chi connectivity index (χ0n) is 9.67. The molecule has 0 aliphatic rings. The Hall–Kier alpha value is -1.21. The molecule has 0 radical (unpaired) electrons. The third kappa shape index (κ3) is 4.97. The highest BCUT2D eigenvalue weighted by Crippen LogP contribution is 2.24. The van der Waals surface area contributed by atoms with E-state index < -0.39 is 6.61 Å². The summed E-state index contributed by atoms with van der Waals surface area (Å²) in [5.41, 5.74) is 0.550. The molecule has 0 heterocycles. The average Bonchev–Trinajstić information content (AvgIpc) is 2.31. The van der Waals surface area contributed by atoms with Gasteiger partial charge in [0.1, 0.15) is 5.75 Å². The van der Waals surface area contributed by atoms with Gasteiger partial charge in [0.2, 0.25) is 5.91 Å². The van der Waals surface area contributed by atoms with Crippen LogP contribution in [0.1, 0.15) is 5.56 Å². The summed E-state index contributed by atoms with van der Waals surface area (Å²) in [5, 5.41) is 5.28. The first-order valence-electron chi connectivity index (χ1n) is 5.17. The van der Waals surface area contributed by atoms with E-state index in [0.717, 1.165) is 4.47 Å². The summed E-state index contributed by atoms with van der Waals surface area (Å²) in [6.45, 7) is -2.50. The van der Waals surface area contributed by atoms with Crippen molar-refractivity contribution in [3.8, 4) is 5.75 Å². The Morgan fingerprint density at radius 3 is 2.83 bits per heavy atom. The van der Waals surface area contributed by atoms with Crippen molar-refractivity contribution in [3.05, 3.63) is 28.2 Å². The average molecular weight is 323 g/mol. The molecule has 1 aromatic carbocycles. The first-order valence-corrected chi connectivity index (χ1v) is 5.96. The number of carbonyl (C=O) groups is 1. The lowest BCUT2D eigenvalue weighted by Gasteiger charge is -2.11. The van der Waals surface area contributed by atoms with Gasteiger partial charge in [-0.05, 0) is 18.2 Å². The summed E-state index contributed by atoms with van der Waals surface area (Å²) >= 11 is 3.25. The molecule has 2 N–H and O–H groups in total. The zero-order chi connectivity index (χ0) is 13.5. The van der Waals surface area contributed by atoms with Gasteiger partial charge >= 0.3 is 6.61 Å². The Morgan fingerprint density at radius 2 is 2.22 bits per heavy atom. The molecule has 0 unspecified atom stereocenters. The molecule has 0 spiro atoms. The fraction of sp³-hybridized carbons (Fsp3) is 0.364. The summed E-state index contributed by atoms with van der Waals surface area (Å²) < 4.78 is 29.5. The van der Waals surface area contributed by atoms with Gasteiger partial charge in [-0.2, -0.15) is 8.78 Å². The van der Waals surface area contributed by atoms with E-state index in [4.69, 9.17) is 0 Å². The van der Waals surface area contributed by atoms with E-state index in [1.54, 1.807) is 12.1 Å². The van der Waals surface area contributed by atoms with Crippen LogP contribution in [0.4, 0.5) is 8.78 Å². The van der Waals surface area contributed by atoms with Gasteiger partial charge in [0.15, 0.2) is 0 Å². The van der Waals surface area contributed by atoms with Gasteiger partial charge in [-0.15, -0.1) is 0 Å². The molecule has 0 saturated heterocycles. The van der Waals surface area contributed by atoms with Crippen LogP contribution in [-0.2, 0) is 11.3 Å². The minimum absolute atomic E-state index is 0.0950. The molecule has 1 rings (SSSR count). The van der Waals surface area contributed by atoms with Crippen molar-refractivity contribution >= 4 is 21.8 Å². The number of hydrogen-bond donors (Lipinski definition) is 2. The molecule has 0 fully saturated rings. The number of halogens is 3. The van der Waals surface area contributed by atoms with Crippen LogP contribution in [-0.4, -0.2) is 26.1 Å². The number of ether oxygens (including phenoxy) is 1. The fourth-order valence-corrected chi connectivity index (χ4v) is 1.70. The lowest BCUT2D eigenvalue weighted by molar-refractivity contribution is -0.119. The number of benzene rings is 1. The maximum absolute atomic E-state index is 12.2. The second kappa shape index (κ2) is 7.27. The molecule has 1 aromatic rings. The van der Waals surface area contributed by atoms with Gasteiger partial charge in [-0.1, -0.05) is 15.9 Å². The van der Waals surface area contributed by atoms with Gasteiger partial charge < -0.3 is 15.4 Å². The van der Waals surface area contributed by atoms with E-state index in [2.05, 4.69) is 31.3 Å². The lowest BCUT2D eigenvalue weighted by atomic mass is 10.2. The molecule has 0 saturated carbocycles. The molecule has 0 atom stereocenters. The minimum atomic E-state index is -2.87. The second-order valence-corrected chi connectivity index (χ2v) is 4.32. The standard InChI is InChI=1S/C11H13BrF2N2O2/c1-15-10(17)6-16-5-7-4-8(12)2-3-9(7)18-11(13)14/h2-4,11,16H,5-6H2,1H3,(H,15,17). The third-order valence-electron chi connectivity index (χ3n) is 2.12. The molecule has 1 amide bonds. The number of likely N-dealkylation sites (N-methyl/N-ethyl adjacent to an activating group) is 1. The summed E-state index contributed by atoms with van der Waals surface area (Å²) in [5.74, 6) is -0.0843. The Balaban J connectivity index is 2.66. The zero-order valence-corrected chi connectivity index (χ0v) is 11.3. The molecule has 0 aliphatic heterocycles. The number of hydrogen-bond acceptors (Lipinski definition) is 3. The van der Waals surface area contributed by atoms with Crippen molar-refractivity contribution < 1.29 is 18.3 Å². The highest BCUT2D eigenvalue weighted by atomic mass is 79.9. The summed E-state index contributed by atoms with van der Waals surface area (Å²) in [6, 6.07) is 4.72. The van der Waals surface area contributed by atoms with Crippen LogP contribution in [0.25, 0.3) is 0 Å². The van der Waals surface area contributed by atoms with Crippen molar-refractivity contribution in [2.75, 3.05) is 13.6 Å². The van der Waals surface area contributed by atoms with Crippen LogP contribution in [0.3, 0.4) is 0 Å². The van der Waals surface area contributed by atoms with Crippen molar-refractivity contribution in [2.45, 2.75) is 13.2 Å². The van der Waals surface area contributed by atoms with Crippen LogP contribution in [0.5, 0.6) is 5.75 Å². The van der Waals surface area contributed by atoms with Gasteiger partial charge in [-0.25, -0.2) is 0 Å². The summed E-state index contributed by atoms with van der Waals surface area (Å²) in [7, 11) is 1.52. The van der Waals surface area contributed by atoms with Crippen molar-refractivity contribution in [2.24, 2.45) is 0 Å². The van der Waals surface area contributed by atoms with E-state index in [1.165, 1.54) is 13.1 Å². The molecule has 7 heteroatoms. The minimum Gasteiger partial charge on any atom is -0.434 e. The molecule has 18 heavy (non-hydrogen) atoms. The predicted molar refractivity (Wildman–Crippen MR) is 66.5 cm³/mol. The molecule has 0 aliphatic carbocycles. The van der Waals surface area contributed by atoms with Crippen molar-refractivity contribution in [3.63, 3.8) is 0 Å². The number of carbonyl (C=O) groups excluding carboxylic acids is 1. The van der Waals surface area contributed by atoms with E-state index in [0.29, 0.717) is 5.56 Å². The first-order chi connectivity index (χ1) is 8.52. The normalized spacial score (nSPS) is 10.5.